The van der Waals surface area contributed by atoms with E-state index >= 15 is 0 Å². The van der Waals surface area contributed by atoms with Gasteiger partial charge in [-0.3, -0.25) is 9.59 Å². The molecule has 0 aromatic heterocycles. The van der Waals surface area contributed by atoms with Crippen LogP contribution < -0.4 is 0 Å². The molecule has 0 radical (unpaired) electrons. The fourth-order valence-corrected chi connectivity index (χ4v) is 4.81. The Balaban J connectivity index is 2.00. The molecule has 13 heteroatoms. The lowest BCUT2D eigenvalue weighted by Crippen LogP contribution is -2.53. The SMILES string of the molecule is CN(C)CC(=O)N1CC[C@@H](N(C)C(=O)c2cc(C(F)(F)F)cc(C(F)(F)F)c2)[C@H](c2ccc(Cl)c(Cl)c2)C1. The molecule has 1 heterocycles. The summed E-state index contributed by atoms with van der Waals surface area (Å²) in [5.74, 6) is -1.71. The van der Waals surface area contributed by atoms with Gasteiger partial charge in [-0.15, -0.1) is 0 Å². The quantitative estimate of drug-likeness (QED) is 0.403. The number of benzene rings is 2. The van der Waals surface area contributed by atoms with E-state index < -0.39 is 46.9 Å². The second kappa shape index (κ2) is 11.3. The van der Waals surface area contributed by atoms with Crippen molar-refractivity contribution in [3.05, 3.63) is 68.7 Å². The highest BCUT2D eigenvalue weighted by Gasteiger charge is 2.40. The maximum atomic E-state index is 13.4. The lowest BCUT2D eigenvalue weighted by molar-refractivity contribution is -0.143. The zero-order chi connectivity index (χ0) is 28.6. The largest absolute Gasteiger partial charge is 0.416 e. The van der Waals surface area contributed by atoms with E-state index in [4.69, 9.17) is 23.2 Å². The molecule has 0 spiro atoms. The standard InChI is InChI=1S/C25H25Cl2F6N3O2/c1-34(2)13-22(37)36-7-6-21(18(12-36)14-4-5-19(26)20(27)10-14)35(3)23(38)15-8-16(24(28,29)30)11-17(9-15)25(31,32)33/h4-5,8-11,18,21H,6-7,12-13H2,1-3H3/t18-,21+/m0/s1. The van der Waals surface area contributed by atoms with Crippen molar-refractivity contribution >= 4 is 35.0 Å². The number of alkyl halides is 6. The monoisotopic (exact) mass is 583 g/mol. The smallest absolute Gasteiger partial charge is 0.341 e. The molecule has 0 saturated carbocycles. The van der Waals surface area contributed by atoms with Crippen LogP contribution in [-0.2, 0) is 17.1 Å². The third-order valence-electron chi connectivity index (χ3n) is 6.40. The first-order valence-corrected chi connectivity index (χ1v) is 12.2. The topological polar surface area (TPSA) is 43.9 Å². The summed E-state index contributed by atoms with van der Waals surface area (Å²) in [6.07, 6.45) is -9.94. The van der Waals surface area contributed by atoms with E-state index in [1.807, 2.05) is 0 Å². The third kappa shape index (κ3) is 6.92. The van der Waals surface area contributed by atoms with Crippen molar-refractivity contribution in [2.75, 3.05) is 40.8 Å². The van der Waals surface area contributed by atoms with E-state index in [1.54, 1.807) is 42.1 Å². The Morgan fingerprint density at radius 3 is 2.00 bits per heavy atom. The molecule has 0 aliphatic carbocycles. The van der Waals surface area contributed by atoms with E-state index in [-0.39, 0.29) is 48.1 Å². The molecule has 2 atom stereocenters. The Morgan fingerprint density at radius 1 is 0.921 bits per heavy atom. The van der Waals surface area contributed by atoms with Crippen LogP contribution in [0.2, 0.25) is 10.0 Å². The predicted molar refractivity (Wildman–Crippen MR) is 131 cm³/mol. The Hall–Kier alpha value is -2.50. The van der Waals surface area contributed by atoms with Gasteiger partial charge in [0.05, 0.1) is 27.7 Å². The average molecular weight is 584 g/mol. The van der Waals surface area contributed by atoms with E-state index in [1.165, 1.54) is 7.05 Å². The molecule has 2 amide bonds. The Labute approximate surface area is 225 Å². The number of likely N-dealkylation sites (N-methyl/N-ethyl adjacent to an activating group) is 2. The van der Waals surface area contributed by atoms with Crippen molar-refractivity contribution < 1.29 is 35.9 Å². The highest BCUT2D eigenvalue weighted by Crippen LogP contribution is 2.38. The van der Waals surface area contributed by atoms with Gasteiger partial charge in [0.25, 0.3) is 5.91 Å². The average Bonchev–Trinajstić information content (AvgIpc) is 2.82. The van der Waals surface area contributed by atoms with Crippen molar-refractivity contribution in [2.45, 2.75) is 30.7 Å². The summed E-state index contributed by atoms with van der Waals surface area (Å²) < 4.78 is 80.2. The number of nitrogens with zero attached hydrogens (tertiary/aromatic N) is 3. The molecule has 1 aliphatic heterocycles. The second-order valence-corrected chi connectivity index (χ2v) is 10.2. The molecule has 2 aromatic carbocycles. The molecule has 2 aromatic rings. The highest BCUT2D eigenvalue weighted by atomic mass is 35.5. The second-order valence-electron chi connectivity index (χ2n) is 9.42. The summed E-state index contributed by atoms with van der Waals surface area (Å²) in [5, 5.41) is 0.498. The lowest BCUT2D eigenvalue weighted by atomic mass is 9.84. The molecule has 38 heavy (non-hydrogen) atoms. The van der Waals surface area contributed by atoms with Crippen LogP contribution in [0.15, 0.2) is 36.4 Å². The summed E-state index contributed by atoms with van der Waals surface area (Å²) in [5.41, 5.74) is -3.27. The summed E-state index contributed by atoms with van der Waals surface area (Å²) in [4.78, 5) is 30.5. The van der Waals surface area contributed by atoms with Crippen LogP contribution in [0.5, 0.6) is 0 Å². The van der Waals surface area contributed by atoms with Gasteiger partial charge in [0.2, 0.25) is 5.91 Å². The number of rotatable bonds is 5. The van der Waals surface area contributed by atoms with Gasteiger partial charge in [0.15, 0.2) is 0 Å². The maximum absolute atomic E-state index is 13.4. The number of halogens is 8. The van der Waals surface area contributed by atoms with Gasteiger partial charge >= 0.3 is 12.4 Å². The summed E-state index contributed by atoms with van der Waals surface area (Å²) in [6, 6.07) is 4.93. The molecule has 208 valence electrons. The zero-order valence-electron chi connectivity index (χ0n) is 20.6. The first-order chi connectivity index (χ1) is 17.5. The van der Waals surface area contributed by atoms with E-state index in [9.17, 15) is 35.9 Å². The van der Waals surface area contributed by atoms with Crippen LogP contribution in [0.3, 0.4) is 0 Å². The van der Waals surface area contributed by atoms with Gasteiger partial charge in [0, 0.05) is 37.7 Å². The van der Waals surface area contributed by atoms with Crippen molar-refractivity contribution in [3.63, 3.8) is 0 Å². The first kappa shape index (κ1) is 30.0. The van der Waals surface area contributed by atoms with Crippen LogP contribution >= 0.6 is 23.2 Å². The van der Waals surface area contributed by atoms with Gasteiger partial charge in [-0.25, -0.2) is 0 Å². The number of carbonyl (C=O) groups is 2. The van der Waals surface area contributed by atoms with Gasteiger partial charge in [0.1, 0.15) is 0 Å². The van der Waals surface area contributed by atoms with E-state index in [0.717, 1.165) is 4.90 Å². The van der Waals surface area contributed by atoms with Gasteiger partial charge in [-0.1, -0.05) is 29.3 Å². The van der Waals surface area contributed by atoms with Gasteiger partial charge < -0.3 is 14.7 Å². The summed E-state index contributed by atoms with van der Waals surface area (Å²) in [6.45, 7) is 0.532. The number of carbonyl (C=O) groups excluding carboxylic acids is 2. The molecular formula is C25H25Cl2F6N3O2. The van der Waals surface area contributed by atoms with Crippen LogP contribution in [0, 0.1) is 0 Å². The van der Waals surface area contributed by atoms with Gasteiger partial charge in [-0.2, -0.15) is 26.3 Å². The van der Waals surface area contributed by atoms with Gasteiger partial charge in [-0.05, 0) is 56.4 Å². The van der Waals surface area contributed by atoms with Crippen LogP contribution in [0.4, 0.5) is 26.3 Å². The van der Waals surface area contributed by atoms with Crippen LogP contribution in [0.1, 0.15) is 39.4 Å². The zero-order valence-corrected chi connectivity index (χ0v) is 22.1. The van der Waals surface area contributed by atoms with Crippen molar-refractivity contribution in [1.82, 2.24) is 14.7 Å². The fraction of sp³-hybridized carbons (Fsp3) is 0.440. The van der Waals surface area contributed by atoms with Crippen molar-refractivity contribution in [2.24, 2.45) is 0 Å². The maximum Gasteiger partial charge on any atom is 0.416 e. The lowest BCUT2D eigenvalue weighted by Gasteiger charge is -2.43. The van der Waals surface area contributed by atoms with Crippen molar-refractivity contribution in [3.8, 4) is 0 Å². The normalized spacial score (nSPS) is 18.6. The molecule has 1 saturated heterocycles. The minimum Gasteiger partial charge on any atom is -0.341 e. The first-order valence-electron chi connectivity index (χ1n) is 11.4. The molecule has 3 rings (SSSR count). The number of amides is 2. The minimum atomic E-state index is -5.09. The minimum absolute atomic E-state index is 0.0237. The molecular weight excluding hydrogens is 559 g/mol. The molecule has 1 aliphatic rings. The highest BCUT2D eigenvalue weighted by molar-refractivity contribution is 6.42. The fourth-order valence-electron chi connectivity index (χ4n) is 4.50. The summed E-state index contributed by atoms with van der Waals surface area (Å²) >= 11 is 12.2. The Kier molecular flexibility index (Phi) is 8.95. The molecule has 0 bridgehead atoms. The molecule has 5 nitrogen and oxygen atoms in total. The number of hydrogen-bond acceptors (Lipinski definition) is 3. The van der Waals surface area contributed by atoms with E-state index in [2.05, 4.69) is 0 Å². The third-order valence-corrected chi connectivity index (χ3v) is 7.14. The van der Waals surface area contributed by atoms with Crippen LogP contribution in [-0.4, -0.2) is 73.3 Å². The number of likely N-dealkylation sites (tertiary alicyclic amines) is 1. The summed E-state index contributed by atoms with van der Waals surface area (Å²) in [7, 11) is 4.79. The van der Waals surface area contributed by atoms with Crippen molar-refractivity contribution in [1.29, 1.82) is 0 Å². The van der Waals surface area contributed by atoms with Crippen LogP contribution in [0.25, 0.3) is 0 Å². The molecule has 0 unspecified atom stereocenters. The number of hydrogen-bond donors (Lipinski definition) is 0. The molecule has 0 N–H and O–H groups in total. The molecule has 1 fully saturated rings. The number of piperidine rings is 1. The predicted octanol–water partition coefficient (Wildman–Crippen LogP) is 6.05. The Bertz CT molecular complexity index is 1170. The van der Waals surface area contributed by atoms with E-state index in [0.29, 0.717) is 17.7 Å². The Morgan fingerprint density at radius 2 is 1.50 bits per heavy atom.